The van der Waals surface area contributed by atoms with Crippen LogP contribution in [0.1, 0.15) is 16.8 Å². The summed E-state index contributed by atoms with van der Waals surface area (Å²) in [7, 11) is -3.67. The van der Waals surface area contributed by atoms with E-state index in [9.17, 15) is 13.2 Å². The molecule has 4 aliphatic heterocycles. The minimum Gasteiger partial charge on any atom is -0.423 e. The Morgan fingerprint density at radius 1 is 1.28 bits per heavy atom. The summed E-state index contributed by atoms with van der Waals surface area (Å²) in [6.45, 7) is 0. The van der Waals surface area contributed by atoms with Gasteiger partial charge in [-0.1, -0.05) is 30.4 Å². The number of hydrogen-bond acceptors (Lipinski definition) is 5. The number of H-pyrrole nitrogens is 1. The highest BCUT2D eigenvalue weighted by atomic mass is 32.2. The summed E-state index contributed by atoms with van der Waals surface area (Å²) in [5.74, 6) is 0.733. The van der Waals surface area contributed by atoms with Crippen LogP contribution in [0.2, 0.25) is 0 Å². The molecular weight excluding hydrogens is 396 g/mol. The number of aromatic nitrogens is 1. The lowest BCUT2D eigenvalue weighted by Gasteiger charge is -2.38. The van der Waals surface area contributed by atoms with Crippen molar-refractivity contribution in [2.24, 2.45) is 5.92 Å². The van der Waals surface area contributed by atoms with E-state index < -0.39 is 10.1 Å². The van der Waals surface area contributed by atoms with Crippen LogP contribution < -0.4 is 0 Å². The van der Waals surface area contributed by atoms with Crippen molar-refractivity contribution in [3.8, 4) is 0 Å². The van der Waals surface area contributed by atoms with Gasteiger partial charge in [0, 0.05) is 52.8 Å². The molecule has 4 N–H and O–H groups in total. The Morgan fingerprint density at radius 2 is 2.00 bits per heavy atom. The molecule has 4 bridgehead atoms. The van der Waals surface area contributed by atoms with Crippen molar-refractivity contribution in [3.63, 3.8) is 0 Å². The predicted molar refractivity (Wildman–Crippen MR) is 108 cm³/mol. The van der Waals surface area contributed by atoms with Crippen LogP contribution in [0.4, 0.5) is 0 Å². The van der Waals surface area contributed by atoms with Crippen LogP contribution in [0.3, 0.4) is 0 Å². The lowest BCUT2D eigenvalue weighted by Crippen LogP contribution is -2.29. The van der Waals surface area contributed by atoms with Gasteiger partial charge >= 0.3 is 5.97 Å². The molecule has 6 rings (SSSR count). The fourth-order valence-corrected chi connectivity index (χ4v) is 3.43. The number of para-hydroxylation sites is 1. The van der Waals surface area contributed by atoms with Gasteiger partial charge in [0.2, 0.25) is 0 Å². The lowest BCUT2D eigenvalue weighted by molar-refractivity contribution is 0.0636. The Hall–Kier alpha value is -3.14. The first-order valence-corrected chi connectivity index (χ1v) is 10.5. The number of rotatable bonds is 2. The molecule has 2 aromatic rings. The fraction of sp³-hybridized carbons (Fsp3) is 0.150. The van der Waals surface area contributed by atoms with Gasteiger partial charge in [-0.15, -0.1) is 0 Å². The van der Waals surface area contributed by atoms with Crippen molar-refractivity contribution in [1.29, 1.82) is 0 Å². The van der Waals surface area contributed by atoms with Crippen LogP contribution in [-0.4, -0.2) is 40.6 Å². The molecule has 0 radical (unpaired) electrons. The van der Waals surface area contributed by atoms with Crippen molar-refractivity contribution < 1.29 is 28.0 Å². The van der Waals surface area contributed by atoms with E-state index in [1.165, 1.54) is 5.70 Å². The normalized spacial score (nSPS) is 18.8. The second kappa shape index (κ2) is 7.70. The average molecular weight is 416 g/mol. The van der Waals surface area contributed by atoms with Crippen LogP contribution in [-0.2, 0) is 14.9 Å². The summed E-state index contributed by atoms with van der Waals surface area (Å²) in [4.78, 5) is 17.8. The van der Waals surface area contributed by atoms with Crippen molar-refractivity contribution in [3.05, 3.63) is 83.7 Å². The van der Waals surface area contributed by atoms with Gasteiger partial charge in [0.05, 0.1) is 11.8 Å². The summed E-state index contributed by atoms with van der Waals surface area (Å²) >= 11 is 0. The SMILES string of the molecule is CS(=O)(=O)O.O.O=C(OC1=CC2=CC3C=CN2C(=C1)C3)c1c[nH]c2ccccc12. The van der Waals surface area contributed by atoms with E-state index >= 15 is 0 Å². The molecule has 152 valence electrons. The maximum Gasteiger partial charge on any atom is 0.345 e. The number of ether oxygens (including phenoxy) is 1. The smallest absolute Gasteiger partial charge is 0.345 e. The van der Waals surface area contributed by atoms with E-state index in [4.69, 9.17) is 9.29 Å². The van der Waals surface area contributed by atoms with E-state index in [2.05, 4.69) is 28.2 Å². The topological polar surface area (TPSA) is 131 Å². The maximum atomic E-state index is 12.5. The number of fused-ring (bicyclic) bond motifs is 1. The summed E-state index contributed by atoms with van der Waals surface area (Å²) in [6.07, 6.45) is 13.7. The molecule has 1 aromatic carbocycles. The van der Waals surface area contributed by atoms with E-state index in [1.54, 1.807) is 6.20 Å². The molecule has 1 aromatic heterocycles. The van der Waals surface area contributed by atoms with Gasteiger partial charge in [-0.3, -0.25) is 4.55 Å². The molecule has 0 saturated carbocycles. The second-order valence-electron chi connectivity index (χ2n) is 6.72. The molecule has 8 nitrogen and oxygen atoms in total. The number of nitrogens with one attached hydrogen (secondary N) is 1. The molecule has 0 spiro atoms. The third kappa shape index (κ3) is 4.48. The number of carbonyl (C=O) groups excluding carboxylic acids is 1. The Kier molecular flexibility index (Phi) is 5.47. The molecule has 29 heavy (non-hydrogen) atoms. The van der Waals surface area contributed by atoms with Gasteiger partial charge < -0.3 is 20.1 Å². The molecular formula is C20H20N2O6S. The average Bonchev–Trinajstić information content (AvgIpc) is 3.04. The predicted octanol–water partition coefficient (Wildman–Crippen LogP) is 2.52. The summed E-state index contributed by atoms with van der Waals surface area (Å²) in [5.41, 5.74) is 3.76. The lowest BCUT2D eigenvalue weighted by atomic mass is 9.90. The van der Waals surface area contributed by atoms with Crippen molar-refractivity contribution in [2.75, 3.05) is 6.26 Å². The Morgan fingerprint density at radius 3 is 2.69 bits per heavy atom. The minimum absolute atomic E-state index is 0. The molecule has 1 atom stereocenters. The number of allylic oxidation sites excluding steroid dienone is 5. The van der Waals surface area contributed by atoms with Crippen LogP contribution in [0, 0.1) is 5.92 Å². The summed E-state index contributed by atoms with van der Waals surface area (Å²) in [6, 6.07) is 7.72. The van der Waals surface area contributed by atoms with Crippen LogP contribution in [0.5, 0.6) is 0 Å². The number of aromatic amines is 1. The Bertz CT molecular complexity index is 1180. The monoisotopic (exact) mass is 416 g/mol. The van der Waals surface area contributed by atoms with Crippen LogP contribution in [0.15, 0.2) is 78.1 Å². The zero-order valence-electron chi connectivity index (χ0n) is 15.5. The van der Waals surface area contributed by atoms with Gasteiger partial charge in [-0.2, -0.15) is 8.42 Å². The second-order valence-corrected chi connectivity index (χ2v) is 8.19. The zero-order chi connectivity index (χ0) is 19.9. The highest BCUT2D eigenvalue weighted by Gasteiger charge is 2.29. The number of hydrogen-bond donors (Lipinski definition) is 2. The van der Waals surface area contributed by atoms with Gasteiger partial charge in [-0.05, 0) is 12.5 Å². The van der Waals surface area contributed by atoms with E-state index in [0.717, 1.165) is 23.0 Å². The third-order valence-electron chi connectivity index (χ3n) is 4.52. The number of carbonyl (C=O) groups is 1. The molecule has 0 fully saturated rings. The fourth-order valence-electron chi connectivity index (χ4n) is 3.43. The van der Waals surface area contributed by atoms with Crippen LogP contribution in [0.25, 0.3) is 10.9 Å². The highest BCUT2D eigenvalue weighted by Crippen LogP contribution is 2.39. The third-order valence-corrected chi connectivity index (χ3v) is 4.52. The van der Waals surface area contributed by atoms with Gasteiger partial charge in [0.1, 0.15) is 5.76 Å². The first kappa shape index (κ1) is 20.6. The molecule has 0 saturated heterocycles. The molecule has 1 unspecified atom stereocenters. The van der Waals surface area contributed by atoms with Gasteiger partial charge in [0.25, 0.3) is 10.1 Å². The maximum absolute atomic E-state index is 12.5. The van der Waals surface area contributed by atoms with Crippen LogP contribution >= 0.6 is 0 Å². The first-order valence-electron chi connectivity index (χ1n) is 8.60. The largest absolute Gasteiger partial charge is 0.423 e. The molecule has 0 aliphatic carbocycles. The van der Waals surface area contributed by atoms with E-state index in [-0.39, 0.29) is 11.4 Å². The molecule has 9 heteroatoms. The van der Waals surface area contributed by atoms with Crippen molar-refractivity contribution in [1.82, 2.24) is 9.88 Å². The quantitative estimate of drug-likeness (QED) is 0.571. The standard InChI is InChI=1S/C19H14N2O2.CH4O3S.H2O/c22-19(17-11-20-18-4-2-1-3-16(17)18)23-15-9-13-7-12-5-6-21(13)14(8-12)10-15;1-5(2,3)4;/h1-7,9-12,20H,8H2;1H3,(H,2,3,4);1H2. The number of esters is 1. The Balaban J connectivity index is 0.000000362. The van der Waals surface area contributed by atoms with Gasteiger partial charge in [0.15, 0.2) is 0 Å². The van der Waals surface area contributed by atoms with E-state index in [0.29, 0.717) is 23.5 Å². The summed E-state index contributed by atoms with van der Waals surface area (Å²) in [5, 5.41) is 0.881. The van der Waals surface area contributed by atoms with Gasteiger partial charge in [-0.25, -0.2) is 4.79 Å². The summed E-state index contributed by atoms with van der Waals surface area (Å²) < 4.78 is 31.5. The molecule has 0 amide bonds. The zero-order valence-corrected chi connectivity index (χ0v) is 16.3. The van der Waals surface area contributed by atoms with Crippen molar-refractivity contribution >= 4 is 27.0 Å². The first-order chi connectivity index (χ1) is 13.3. The molecule has 5 heterocycles. The Labute approximate surface area is 167 Å². The minimum atomic E-state index is -3.67. The number of benzene rings is 1. The van der Waals surface area contributed by atoms with Crippen molar-refractivity contribution in [2.45, 2.75) is 6.42 Å². The molecule has 4 aliphatic rings. The highest BCUT2D eigenvalue weighted by molar-refractivity contribution is 7.85. The number of nitrogens with zero attached hydrogens (tertiary/aromatic N) is 1. The van der Waals surface area contributed by atoms with E-state index in [1.807, 2.05) is 36.4 Å².